The van der Waals surface area contributed by atoms with Crippen LogP contribution in [0.5, 0.6) is 11.5 Å². The molecule has 17 heavy (non-hydrogen) atoms. The van der Waals surface area contributed by atoms with E-state index in [1.54, 1.807) is 20.3 Å². The van der Waals surface area contributed by atoms with Crippen molar-refractivity contribution in [3.63, 3.8) is 0 Å². The second-order valence-corrected chi connectivity index (χ2v) is 3.39. The summed E-state index contributed by atoms with van der Waals surface area (Å²) < 4.78 is 15.0. The molecule has 1 N–H and O–H groups in total. The van der Waals surface area contributed by atoms with Gasteiger partial charge in [0.1, 0.15) is 18.1 Å². The number of hydrogen-bond acceptors (Lipinski definition) is 4. The monoisotopic (exact) mass is 239 g/mol. The molecule has 0 heterocycles. The second kappa shape index (κ2) is 6.75. The Hall–Kier alpha value is -1.75. The summed E-state index contributed by atoms with van der Waals surface area (Å²) in [5.41, 5.74) is 0.887. The lowest BCUT2D eigenvalue weighted by Gasteiger charge is -2.11. The van der Waals surface area contributed by atoms with Crippen LogP contribution < -0.4 is 14.8 Å². The van der Waals surface area contributed by atoms with E-state index in [1.807, 2.05) is 12.1 Å². The van der Waals surface area contributed by atoms with Crippen molar-refractivity contribution >= 4 is 5.91 Å². The molecule has 1 aromatic rings. The lowest BCUT2D eigenvalue weighted by Crippen LogP contribution is -2.26. The molecular weight excluding hydrogens is 222 g/mol. The SMILES string of the molecule is COCC(=O)NCc1ccc(OC)cc1OC. The van der Waals surface area contributed by atoms with Gasteiger partial charge < -0.3 is 19.5 Å². The first kappa shape index (κ1) is 13.3. The number of benzene rings is 1. The van der Waals surface area contributed by atoms with E-state index in [0.29, 0.717) is 18.0 Å². The van der Waals surface area contributed by atoms with Gasteiger partial charge in [0.25, 0.3) is 0 Å². The summed E-state index contributed by atoms with van der Waals surface area (Å²) in [6, 6.07) is 5.45. The maximum Gasteiger partial charge on any atom is 0.246 e. The molecule has 0 bridgehead atoms. The van der Waals surface area contributed by atoms with Crippen LogP contribution in [-0.2, 0) is 16.1 Å². The first-order chi connectivity index (χ1) is 8.21. The number of hydrogen-bond donors (Lipinski definition) is 1. The molecule has 94 valence electrons. The minimum Gasteiger partial charge on any atom is -0.497 e. The molecule has 0 radical (unpaired) electrons. The zero-order valence-electron chi connectivity index (χ0n) is 10.3. The Morgan fingerprint density at radius 2 is 2.00 bits per heavy atom. The summed E-state index contributed by atoms with van der Waals surface area (Å²) >= 11 is 0. The number of carbonyl (C=O) groups is 1. The lowest BCUT2D eigenvalue weighted by atomic mass is 10.2. The van der Waals surface area contributed by atoms with Crippen LogP contribution in [0.25, 0.3) is 0 Å². The van der Waals surface area contributed by atoms with Crippen molar-refractivity contribution in [3.8, 4) is 11.5 Å². The maximum atomic E-state index is 11.2. The number of ether oxygens (including phenoxy) is 3. The Balaban J connectivity index is 2.67. The number of nitrogens with one attached hydrogen (secondary N) is 1. The molecule has 0 aliphatic rings. The van der Waals surface area contributed by atoms with Crippen molar-refractivity contribution in [2.45, 2.75) is 6.54 Å². The van der Waals surface area contributed by atoms with Crippen LogP contribution in [0.15, 0.2) is 18.2 Å². The summed E-state index contributed by atoms with van der Waals surface area (Å²) in [6.07, 6.45) is 0. The first-order valence-electron chi connectivity index (χ1n) is 5.17. The highest BCUT2D eigenvalue weighted by atomic mass is 16.5. The third-order valence-corrected chi connectivity index (χ3v) is 2.25. The van der Waals surface area contributed by atoms with Gasteiger partial charge in [-0.3, -0.25) is 4.79 Å². The van der Waals surface area contributed by atoms with Gasteiger partial charge in [-0.25, -0.2) is 0 Å². The van der Waals surface area contributed by atoms with E-state index < -0.39 is 0 Å². The minimum atomic E-state index is -0.162. The quantitative estimate of drug-likeness (QED) is 0.803. The highest BCUT2D eigenvalue weighted by Gasteiger charge is 2.06. The first-order valence-corrected chi connectivity index (χ1v) is 5.17. The van der Waals surface area contributed by atoms with Crippen molar-refractivity contribution in [2.75, 3.05) is 27.9 Å². The average molecular weight is 239 g/mol. The molecule has 0 atom stereocenters. The van der Waals surface area contributed by atoms with Gasteiger partial charge >= 0.3 is 0 Å². The lowest BCUT2D eigenvalue weighted by molar-refractivity contribution is -0.124. The number of amides is 1. The van der Waals surface area contributed by atoms with Gasteiger partial charge in [-0.2, -0.15) is 0 Å². The fourth-order valence-electron chi connectivity index (χ4n) is 1.37. The Morgan fingerprint density at radius 3 is 2.59 bits per heavy atom. The summed E-state index contributed by atoms with van der Waals surface area (Å²) in [6.45, 7) is 0.452. The summed E-state index contributed by atoms with van der Waals surface area (Å²) in [5.74, 6) is 1.24. The molecule has 0 unspecified atom stereocenters. The Bertz CT molecular complexity index is 379. The zero-order chi connectivity index (χ0) is 12.7. The summed E-state index contributed by atoms with van der Waals surface area (Å²) in [5, 5.41) is 2.73. The molecule has 0 aromatic heterocycles. The van der Waals surface area contributed by atoms with Gasteiger partial charge in [-0.1, -0.05) is 0 Å². The van der Waals surface area contributed by atoms with E-state index in [0.717, 1.165) is 5.56 Å². The average Bonchev–Trinajstić information content (AvgIpc) is 2.36. The van der Waals surface area contributed by atoms with E-state index in [2.05, 4.69) is 5.32 Å². The standard InChI is InChI=1S/C12H17NO4/c1-15-8-12(14)13-7-9-4-5-10(16-2)6-11(9)17-3/h4-6H,7-8H2,1-3H3,(H,13,14). The third kappa shape index (κ3) is 3.96. The normalized spacial score (nSPS) is 9.82. The maximum absolute atomic E-state index is 11.2. The molecule has 1 aromatic carbocycles. The van der Waals surface area contributed by atoms with E-state index in [-0.39, 0.29) is 12.5 Å². The molecular formula is C12H17NO4. The van der Waals surface area contributed by atoms with Gasteiger partial charge in [0.05, 0.1) is 14.2 Å². The van der Waals surface area contributed by atoms with Gasteiger partial charge in [-0.05, 0) is 12.1 Å². The Morgan fingerprint density at radius 1 is 1.24 bits per heavy atom. The van der Waals surface area contributed by atoms with Crippen molar-refractivity contribution in [1.29, 1.82) is 0 Å². The molecule has 0 fully saturated rings. The molecule has 0 saturated heterocycles. The van der Waals surface area contributed by atoms with Crippen LogP contribution in [0.4, 0.5) is 0 Å². The topological polar surface area (TPSA) is 56.8 Å². The molecule has 1 rings (SSSR count). The number of rotatable bonds is 6. The van der Waals surface area contributed by atoms with Gasteiger partial charge in [0.2, 0.25) is 5.91 Å². The molecule has 0 spiro atoms. The van der Waals surface area contributed by atoms with E-state index in [4.69, 9.17) is 14.2 Å². The van der Waals surface area contributed by atoms with Crippen LogP contribution in [-0.4, -0.2) is 33.8 Å². The molecule has 5 nitrogen and oxygen atoms in total. The van der Waals surface area contributed by atoms with Gasteiger partial charge in [0.15, 0.2) is 0 Å². The number of methoxy groups -OCH3 is 3. The summed E-state index contributed by atoms with van der Waals surface area (Å²) in [4.78, 5) is 11.2. The molecule has 0 aliphatic carbocycles. The van der Waals surface area contributed by atoms with Crippen LogP contribution in [0.1, 0.15) is 5.56 Å². The molecule has 0 aliphatic heterocycles. The number of carbonyl (C=O) groups excluding carboxylic acids is 1. The van der Waals surface area contributed by atoms with Gasteiger partial charge in [0, 0.05) is 25.3 Å². The highest BCUT2D eigenvalue weighted by Crippen LogP contribution is 2.24. The van der Waals surface area contributed by atoms with E-state index >= 15 is 0 Å². The van der Waals surface area contributed by atoms with Crippen molar-refractivity contribution in [1.82, 2.24) is 5.32 Å². The predicted molar refractivity (Wildman–Crippen MR) is 63.3 cm³/mol. The van der Waals surface area contributed by atoms with Crippen molar-refractivity contribution in [2.24, 2.45) is 0 Å². The van der Waals surface area contributed by atoms with Crippen LogP contribution >= 0.6 is 0 Å². The second-order valence-electron chi connectivity index (χ2n) is 3.39. The molecule has 5 heteroatoms. The fourth-order valence-corrected chi connectivity index (χ4v) is 1.37. The van der Waals surface area contributed by atoms with Gasteiger partial charge in [-0.15, -0.1) is 0 Å². The largest absolute Gasteiger partial charge is 0.497 e. The van der Waals surface area contributed by atoms with Crippen LogP contribution in [0.3, 0.4) is 0 Å². The minimum absolute atomic E-state index is 0.0540. The highest BCUT2D eigenvalue weighted by molar-refractivity contribution is 5.77. The smallest absolute Gasteiger partial charge is 0.246 e. The van der Waals surface area contributed by atoms with Crippen LogP contribution in [0.2, 0.25) is 0 Å². The fraction of sp³-hybridized carbons (Fsp3) is 0.417. The predicted octanol–water partition coefficient (Wildman–Crippen LogP) is 0.966. The van der Waals surface area contributed by atoms with E-state index in [9.17, 15) is 4.79 Å². The van der Waals surface area contributed by atoms with Crippen molar-refractivity contribution < 1.29 is 19.0 Å². The Labute approximate surface area is 101 Å². The van der Waals surface area contributed by atoms with Crippen LogP contribution in [0, 0.1) is 0 Å². The van der Waals surface area contributed by atoms with E-state index in [1.165, 1.54) is 7.11 Å². The van der Waals surface area contributed by atoms with Crippen molar-refractivity contribution in [3.05, 3.63) is 23.8 Å². The zero-order valence-corrected chi connectivity index (χ0v) is 10.3. The molecule has 1 amide bonds. The molecule has 0 saturated carbocycles. The summed E-state index contributed by atoms with van der Waals surface area (Å²) in [7, 11) is 4.65. The third-order valence-electron chi connectivity index (χ3n) is 2.25. The Kier molecular flexibility index (Phi) is 5.29.